The SMILES string of the molecule is CC(=O)N1CCCC1(C)C(=O)OCc1ccccc1. The Bertz CT molecular complexity index is 472. The molecule has 1 saturated heterocycles. The number of esters is 1. The quantitative estimate of drug-likeness (QED) is 0.783. The van der Waals surface area contributed by atoms with E-state index < -0.39 is 5.54 Å². The van der Waals surface area contributed by atoms with Gasteiger partial charge in [0.05, 0.1) is 0 Å². The maximum atomic E-state index is 12.2. The van der Waals surface area contributed by atoms with Gasteiger partial charge in [-0.05, 0) is 25.3 Å². The van der Waals surface area contributed by atoms with E-state index in [9.17, 15) is 9.59 Å². The molecule has 1 heterocycles. The molecule has 0 spiro atoms. The fourth-order valence-electron chi connectivity index (χ4n) is 2.56. The first-order valence-electron chi connectivity index (χ1n) is 6.53. The second kappa shape index (κ2) is 5.43. The molecule has 1 aliphatic heterocycles. The van der Waals surface area contributed by atoms with Gasteiger partial charge in [0.1, 0.15) is 12.1 Å². The molecule has 1 aromatic carbocycles. The lowest BCUT2D eigenvalue weighted by Crippen LogP contribution is -2.50. The van der Waals surface area contributed by atoms with Crippen molar-refractivity contribution in [2.24, 2.45) is 0 Å². The maximum absolute atomic E-state index is 12.2. The Morgan fingerprint density at radius 1 is 1.32 bits per heavy atom. The van der Waals surface area contributed by atoms with Gasteiger partial charge in [-0.25, -0.2) is 4.79 Å². The molecule has 0 aliphatic carbocycles. The fraction of sp³-hybridized carbons (Fsp3) is 0.467. The number of ether oxygens (including phenoxy) is 1. The molecule has 0 aromatic heterocycles. The van der Waals surface area contributed by atoms with Crippen molar-refractivity contribution in [1.29, 1.82) is 0 Å². The molecule has 0 saturated carbocycles. The number of hydrogen-bond donors (Lipinski definition) is 0. The second-order valence-corrected chi connectivity index (χ2v) is 5.11. The van der Waals surface area contributed by atoms with Crippen molar-refractivity contribution in [3.8, 4) is 0 Å². The molecule has 1 amide bonds. The van der Waals surface area contributed by atoms with Crippen LogP contribution in [0.4, 0.5) is 0 Å². The Morgan fingerprint density at radius 3 is 2.63 bits per heavy atom. The van der Waals surface area contributed by atoms with E-state index in [0.717, 1.165) is 12.0 Å². The zero-order chi connectivity index (χ0) is 13.9. The zero-order valence-corrected chi connectivity index (χ0v) is 11.4. The topological polar surface area (TPSA) is 46.6 Å². The van der Waals surface area contributed by atoms with E-state index in [1.807, 2.05) is 30.3 Å². The summed E-state index contributed by atoms with van der Waals surface area (Å²) in [7, 11) is 0. The van der Waals surface area contributed by atoms with Crippen LogP contribution in [0.1, 0.15) is 32.3 Å². The highest BCUT2D eigenvalue weighted by molar-refractivity contribution is 5.87. The molecule has 2 rings (SSSR count). The first-order chi connectivity index (χ1) is 9.04. The summed E-state index contributed by atoms with van der Waals surface area (Å²) in [5.74, 6) is -0.388. The van der Waals surface area contributed by atoms with Crippen molar-refractivity contribution in [3.05, 3.63) is 35.9 Å². The van der Waals surface area contributed by atoms with Crippen molar-refractivity contribution in [3.63, 3.8) is 0 Å². The van der Waals surface area contributed by atoms with Gasteiger partial charge in [-0.15, -0.1) is 0 Å². The van der Waals surface area contributed by atoms with Crippen LogP contribution in [0.3, 0.4) is 0 Å². The normalized spacial score (nSPS) is 22.3. The van der Waals surface area contributed by atoms with Gasteiger partial charge in [0, 0.05) is 13.5 Å². The van der Waals surface area contributed by atoms with Crippen molar-refractivity contribution in [2.75, 3.05) is 6.54 Å². The third-order valence-corrected chi connectivity index (χ3v) is 3.67. The van der Waals surface area contributed by atoms with Gasteiger partial charge in [-0.3, -0.25) is 4.79 Å². The van der Waals surface area contributed by atoms with Crippen molar-refractivity contribution in [1.82, 2.24) is 4.90 Å². The largest absolute Gasteiger partial charge is 0.459 e. The van der Waals surface area contributed by atoms with Gasteiger partial charge in [-0.1, -0.05) is 30.3 Å². The summed E-state index contributed by atoms with van der Waals surface area (Å²) >= 11 is 0. The number of nitrogens with zero attached hydrogens (tertiary/aromatic N) is 1. The minimum absolute atomic E-state index is 0.0725. The van der Waals surface area contributed by atoms with Gasteiger partial charge >= 0.3 is 5.97 Å². The highest BCUT2D eigenvalue weighted by Gasteiger charge is 2.45. The van der Waals surface area contributed by atoms with Crippen LogP contribution in [0.5, 0.6) is 0 Å². The molecular formula is C15H19NO3. The number of benzene rings is 1. The van der Waals surface area contributed by atoms with Crippen LogP contribution in [0, 0.1) is 0 Å². The number of rotatable bonds is 3. The third-order valence-electron chi connectivity index (χ3n) is 3.67. The summed E-state index contributed by atoms with van der Waals surface area (Å²) < 4.78 is 5.36. The van der Waals surface area contributed by atoms with Crippen LogP contribution >= 0.6 is 0 Å². The highest BCUT2D eigenvalue weighted by Crippen LogP contribution is 2.30. The summed E-state index contributed by atoms with van der Waals surface area (Å²) in [6, 6.07) is 9.55. The third kappa shape index (κ3) is 2.78. The molecule has 1 atom stereocenters. The Labute approximate surface area is 113 Å². The van der Waals surface area contributed by atoms with E-state index in [4.69, 9.17) is 4.74 Å². The summed E-state index contributed by atoms with van der Waals surface area (Å²) in [6.07, 6.45) is 1.51. The van der Waals surface area contributed by atoms with Crippen molar-refractivity contribution < 1.29 is 14.3 Å². The predicted octanol–water partition coefficient (Wildman–Crippen LogP) is 2.13. The number of hydrogen-bond acceptors (Lipinski definition) is 3. The first kappa shape index (κ1) is 13.6. The zero-order valence-electron chi connectivity index (χ0n) is 11.4. The molecule has 0 bridgehead atoms. The average molecular weight is 261 g/mol. The average Bonchev–Trinajstić information content (AvgIpc) is 2.81. The van der Waals surface area contributed by atoms with Crippen LogP contribution in [0.2, 0.25) is 0 Å². The number of carbonyl (C=O) groups excluding carboxylic acids is 2. The molecular weight excluding hydrogens is 242 g/mol. The van der Waals surface area contributed by atoms with Crippen LogP contribution in [0.25, 0.3) is 0 Å². The summed E-state index contributed by atoms with van der Waals surface area (Å²) in [4.78, 5) is 25.4. The van der Waals surface area contributed by atoms with E-state index in [-0.39, 0.29) is 18.5 Å². The molecule has 4 nitrogen and oxygen atoms in total. The molecule has 1 unspecified atom stereocenters. The van der Waals surface area contributed by atoms with E-state index in [1.54, 1.807) is 11.8 Å². The molecule has 1 aliphatic rings. The fourth-order valence-corrected chi connectivity index (χ4v) is 2.56. The number of carbonyl (C=O) groups is 2. The van der Waals surface area contributed by atoms with Gasteiger partial charge in [-0.2, -0.15) is 0 Å². The van der Waals surface area contributed by atoms with E-state index >= 15 is 0 Å². The minimum atomic E-state index is -0.805. The first-order valence-corrected chi connectivity index (χ1v) is 6.53. The number of amides is 1. The van der Waals surface area contributed by atoms with Crippen LogP contribution in [-0.2, 0) is 20.9 Å². The van der Waals surface area contributed by atoms with Gasteiger partial charge in [0.2, 0.25) is 5.91 Å². The molecule has 0 radical (unpaired) electrons. The van der Waals surface area contributed by atoms with Crippen LogP contribution in [0.15, 0.2) is 30.3 Å². The maximum Gasteiger partial charge on any atom is 0.332 e. The predicted molar refractivity (Wildman–Crippen MR) is 71.3 cm³/mol. The van der Waals surface area contributed by atoms with Crippen LogP contribution < -0.4 is 0 Å². The van der Waals surface area contributed by atoms with Gasteiger partial charge in [0.15, 0.2) is 0 Å². The van der Waals surface area contributed by atoms with E-state index in [0.29, 0.717) is 13.0 Å². The van der Waals surface area contributed by atoms with Crippen molar-refractivity contribution >= 4 is 11.9 Å². The summed E-state index contributed by atoms with van der Waals surface area (Å²) in [6.45, 7) is 4.16. The lowest BCUT2D eigenvalue weighted by molar-refractivity contribution is -0.161. The molecule has 19 heavy (non-hydrogen) atoms. The Kier molecular flexibility index (Phi) is 3.88. The molecule has 1 aromatic rings. The molecule has 4 heteroatoms. The lowest BCUT2D eigenvalue weighted by Gasteiger charge is -2.32. The highest BCUT2D eigenvalue weighted by atomic mass is 16.5. The Balaban J connectivity index is 2.01. The van der Waals surface area contributed by atoms with E-state index in [1.165, 1.54) is 6.92 Å². The minimum Gasteiger partial charge on any atom is -0.459 e. The number of likely N-dealkylation sites (tertiary alicyclic amines) is 1. The Morgan fingerprint density at radius 2 is 2.00 bits per heavy atom. The smallest absolute Gasteiger partial charge is 0.332 e. The standard InChI is InChI=1S/C15H19NO3/c1-12(17)16-10-6-9-15(16,2)14(18)19-11-13-7-4-3-5-8-13/h3-5,7-8H,6,9-11H2,1-2H3. The Hall–Kier alpha value is -1.84. The summed E-state index contributed by atoms with van der Waals surface area (Å²) in [5, 5.41) is 0. The molecule has 102 valence electrons. The lowest BCUT2D eigenvalue weighted by atomic mass is 9.99. The second-order valence-electron chi connectivity index (χ2n) is 5.11. The van der Waals surface area contributed by atoms with Gasteiger partial charge in [0.25, 0.3) is 0 Å². The van der Waals surface area contributed by atoms with Crippen LogP contribution in [-0.4, -0.2) is 28.9 Å². The van der Waals surface area contributed by atoms with Crippen molar-refractivity contribution in [2.45, 2.75) is 38.8 Å². The van der Waals surface area contributed by atoms with Gasteiger partial charge < -0.3 is 9.64 Å². The molecule has 0 N–H and O–H groups in total. The summed E-state index contributed by atoms with van der Waals surface area (Å²) in [5.41, 5.74) is 0.146. The molecule has 1 fully saturated rings. The monoisotopic (exact) mass is 261 g/mol. The van der Waals surface area contributed by atoms with E-state index in [2.05, 4.69) is 0 Å².